The third-order valence-electron chi connectivity index (χ3n) is 1.34. The minimum atomic E-state index is -3.27. The van der Waals surface area contributed by atoms with Gasteiger partial charge in [0.15, 0.2) is 0 Å². The molecule has 3 N–H and O–H groups in total. The number of aliphatic hydroxyl groups is 1. The molecule has 0 aliphatic heterocycles. The van der Waals surface area contributed by atoms with Crippen LogP contribution in [-0.4, -0.2) is 41.8 Å². The predicted octanol–water partition coefficient (Wildman–Crippen LogP) is -0.248. The molecule has 0 aliphatic carbocycles. The fraction of sp³-hybridized carbons (Fsp3) is 0.857. The van der Waals surface area contributed by atoms with Gasteiger partial charge < -0.3 is 19.3 Å². The van der Waals surface area contributed by atoms with Gasteiger partial charge in [0.25, 0.3) is 6.64 Å². The third kappa shape index (κ3) is 6.19. The minimum absolute atomic E-state index is 0.273. The number of carbonyl (C=O) groups is 1. The average molecular weight is 257 g/mol. The van der Waals surface area contributed by atoms with Gasteiger partial charge in [0.2, 0.25) is 0 Å². The number of hydrogen-bond donors (Lipinski definition) is 3. The van der Waals surface area contributed by atoms with E-state index >= 15 is 0 Å². The van der Waals surface area contributed by atoms with Gasteiger partial charge in [0, 0.05) is 0 Å². The predicted molar refractivity (Wildman–Crippen MR) is 58.8 cm³/mol. The molecule has 0 saturated carbocycles. The van der Waals surface area contributed by atoms with Crippen molar-refractivity contribution in [3.8, 4) is 0 Å². The molecule has 6 nitrogen and oxygen atoms in total. The number of aliphatic hydroxyl groups excluding tert-OH is 1. The summed E-state index contributed by atoms with van der Waals surface area (Å²) in [6, 6.07) is -1.07. The Morgan fingerprint density at radius 1 is 1.60 bits per heavy atom. The Bertz CT molecular complexity index is 260. The SMILES string of the molecule is COC(=O)C(CO)NP(O)(=S)OC(C)C. The molecule has 2 atom stereocenters. The van der Waals surface area contributed by atoms with Crippen molar-refractivity contribution in [2.45, 2.75) is 26.0 Å². The molecule has 2 unspecified atom stereocenters. The van der Waals surface area contributed by atoms with Crippen molar-refractivity contribution in [2.24, 2.45) is 0 Å². The fourth-order valence-corrected chi connectivity index (χ4v) is 2.93. The molecule has 8 heteroatoms. The molecule has 0 aromatic carbocycles. The fourth-order valence-electron chi connectivity index (χ4n) is 0.823. The molecule has 0 rings (SSSR count). The van der Waals surface area contributed by atoms with Crippen LogP contribution in [0, 0.1) is 0 Å². The minimum Gasteiger partial charge on any atom is -0.468 e. The molecule has 0 amide bonds. The summed E-state index contributed by atoms with van der Waals surface area (Å²) in [4.78, 5) is 20.7. The van der Waals surface area contributed by atoms with E-state index in [1.165, 1.54) is 7.11 Å². The summed E-state index contributed by atoms with van der Waals surface area (Å²) in [5.74, 6) is -0.701. The Hall–Kier alpha value is -0.0400. The maximum Gasteiger partial charge on any atom is 0.325 e. The molecule has 0 aliphatic rings. The van der Waals surface area contributed by atoms with Gasteiger partial charge in [-0.3, -0.25) is 4.79 Å². The molecule has 0 bridgehead atoms. The quantitative estimate of drug-likeness (QED) is 0.446. The molecule has 0 saturated heterocycles. The summed E-state index contributed by atoms with van der Waals surface area (Å²) >= 11 is 4.74. The highest BCUT2D eigenvalue weighted by molar-refractivity contribution is 8.08. The summed E-state index contributed by atoms with van der Waals surface area (Å²) in [6.07, 6.45) is -0.273. The number of nitrogens with one attached hydrogen (secondary N) is 1. The zero-order chi connectivity index (χ0) is 12.1. The molecule has 15 heavy (non-hydrogen) atoms. The molecule has 0 aromatic rings. The van der Waals surface area contributed by atoms with Crippen LogP contribution in [0.1, 0.15) is 13.8 Å². The van der Waals surface area contributed by atoms with Gasteiger partial charge in [0.05, 0.1) is 19.8 Å². The molecule has 0 aromatic heterocycles. The average Bonchev–Trinajstić information content (AvgIpc) is 2.11. The summed E-state index contributed by atoms with van der Waals surface area (Å²) in [7, 11) is 1.18. The van der Waals surface area contributed by atoms with Crippen LogP contribution in [0.25, 0.3) is 0 Å². The molecule has 0 fully saturated rings. The van der Waals surface area contributed by atoms with Crippen LogP contribution in [-0.2, 0) is 25.9 Å². The van der Waals surface area contributed by atoms with E-state index < -0.39 is 25.3 Å². The van der Waals surface area contributed by atoms with E-state index in [-0.39, 0.29) is 6.10 Å². The standard InChI is InChI=1S/C7H16NO5PS/c1-5(2)13-14(11,15)8-6(4-9)7(10)12-3/h5-6,9H,4H2,1-3H3,(H2,8,11,15). The second kappa shape index (κ2) is 6.52. The van der Waals surface area contributed by atoms with Crippen LogP contribution in [0.2, 0.25) is 0 Å². The van der Waals surface area contributed by atoms with E-state index in [2.05, 4.69) is 9.82 Å². The monoisotopic (exact) mass is 257 g/mol. The lowest BCUT2D eigenvalue weighted by Crippen LogP contribution is -2.39. The van der Waals surface area contributed by atoms with Gasteiger partial charge in [0.1, 0.15) is 6.04 Å². The smallest absolute Gasteiger partial charge is 0.325 e. The maximum atomic E-state index is 11.1. The summed E-state index contributed by atoms with van der Waals surface area (Å²) < 4.78 is 9.41. The highest BCUT2D eigenvalue weighted by atomic mass is 32.5. The third-order valence-corrected chi connectivity index (χ3v) is 3.26. The molecule has 0 spiro atoms. The van der Waals surface area contributed by atoms with E-state index in [4.69, 9.17) is 21.4 Å². The first-order valence-electron chi connectivity index (χ1n) is 4.30. The Morgan fingerprint density at radius 3 is 2.47 bits per heavy atom. The van der Waals surface area contributed by atoms with Gasteiger partial charge in [-0.05, 0) is 25.7 Å². The zero-order valence-electron chi connectivity index (χ0n) is 8.84. The second-order valence-corrected chi connectivity index (χ2v) is 6.06. The van der Waals surface area contributed by atoms with Gasteiger partial charge >= 0.3 is 5.97 Å². The molecule has 90 valence electrons. The molecule has 0 radical (unpaired) electrons. The van der Waals surface area contributed by atoms with E-state index in [1.807, 2.05) is 0 Å². The Labute approximate surface area is 93.8 Å². The van der Waals surface area contributed by atoms with E-state index in [1.54, 1.807) is 13.8 Å². The van der Waals surface area contributed by atoms with Gasteiger partial charge in [-0.2, -0.15) is 0 Å². The molecular weight excluding hydrogens is 241 g/mol. The summed E-state index contributed by atoms with van der Waals surface area (Å²) in [6.45, 7) is -0.388. The lowest BCUT2D eigenvalue weighted by Gasteiger charge is -2.23. The van der Waals surface area contributed by atoms with Crippen LogP contribution < -0.4 is 5.09 Å². The first-order valence-corrected chi connectivity index (χ1v) is 6.97. The first-order chi connectivity index (χ1) is 6.82. The van der Waals surface area contributed by atoms with Crippen molar-refractivity contribution in [2.75, 3.05) is 13.7 Å². The van der Waals surface area contributed by atoms with Crippen LogP contribution in [0.4, 0.5) is 0 Å². The number of methoxy groups -OCH3 is 1. The zero-order valence-corrected chi connectivity index (χ0v) is 10.5. The van der Waals surface area contributed by atoms with Crippen LogP contribution in [0.5, 0.6) is 0 Å². The Morgan fingerprint density at radius 2 is 2.13 bits per heavy atom. The van der Waals surface area contributed by atoms with E-state index in [0.717, 1.165) is 0 Å². The number of esters is 1. The topological polar surface area (TPSA) is 88.0 Å². The van der Waals surface area contributed by atoms with Gasteiger partial charge in [-0.25, -0.2) is 5.09 Å². The number of hydrogen-bond acceptors (Lipinski definition) is 5. The van der Waals surface area contributed by atoms with Crippen molar-refractivity contribution >= 4 is 24.4 Å². The van der Waals surface area contributed by atoms with Crippen molar-refractivity contribution < 1.29 is 24.1 Å². The second-order valence-electron chi connectivity index (χ2n) is 3.06. The largest absolute Gasteiger partial charge is 0.468 e. The van der Waals surface area contributed by atoms with Crippen LogP contribution in [0.15, 0.2) is 0 Å². The molecular formula is C7H16NO5PS. The van der Waals surface area contributed by atoms with Crippen molar-refractivity contribution in [1.82, 2.24) is 5.09 Å². The highest BCUT2D eigenvalue weighted by Gasteiger charge is 2.26. The Balaban J connectivity index is 4.40. The van der Waals surface area contributed by atoms with Crippen LogP contribution >= 0.6 is 6.64 Å². The lowest BCUT2D eigenvalue weighted by atomic mass is 10.3. The Kier molecular flexibility index (Phi) is 6.51. The van der Waals surface area contributed by atoms with Gasteiger partial charge in [-0.1, -0.05) is 0 Å². The molecule has 0 heterocycles. The highest BCUT2D eigenvalue weighted by Crippen LogP contribution is 2.39. The summed E-state index contributed by atoms with van der Waals surface area (Å²) in [5, 5.41) is 11.2. The number of rotatable bonds is 6. The van der Waals surface area contributed by atoms with E-state index in [0.29, 0.717) is 0 Å². The number of carbonyl (C=O) groups excluding carboxylic acids is 1. The van der Waals surface area contributed by atoms with Crippen LogP contribution in [0.3, 0.4) is 0 Å². The lowest BCUT2D eigenvalue weighted by molar-refractivity contribution is -0.143. The normalized spacial score (nSPS) is 17.2. The van der Waals surface area contributed by atoms with Gasteiger partial charge in [-0.15, -0.1) is 0 Å². The van der Waals surface area contributed by atoms with Crippen molar-refractivity contribution in [1.29, 1.82) is 0 Å². The van der Waals surface area contributed by atoms with Crippen molar-refractivity contribution in [3.63, 3.8) is 0 Å². The van der Waals surface area contributed by atoms with Crippen molar-refractivity contribution in [3.05, 3.63) is 0 Å². The van der Waals surface area contributed by atoms with E-state index in [9.17, 15) is 9.69 Å². The first kappa shape index (κ1) is 15.0. The summed E-state index contributed by atoms with van der Waals surface area (Å²) in [5.41, 5.74) is 0. The maximum absolute atomic E-state index is 11.1. The number of ether oxygens (including phenoxy) is 1.